The normalized spacial score (nSPS) is 31.6. The number of ether oxygens (including phenoxy) is 1. The maximum atomic E-state index is 15.1. The van der Waals surface area contributed by atoms with Gasteiger partial charge in [-0.25, -0.2) is 9.18 Å². The van der Waals surface area contributed by atoms with Crippen molar-refractivity contribution in [3.8, 4) is 5.75 Å². The van der Waals surface area contributed by atoms with Gasteiger partial charge in [-0.3, -0.25) is 4.79 Å². The molecule has 0 radical (unpaired) electrons. The fourth-order valence-electron chi connectivity index (χ4n) is 6.86. The predicted octanol–water partition coefficient (Wildman–Crippen LogP) is 5.14. The molecule has 1 amide bonds. The first-order chi connectivity index (χ1) is 15.1. The SMILES string of the molecule is CC(C)(C)[C@H](NC(=O)c1cc(C2CC2)c(OCC23CC4CC(CC2C4)C3)cc1F)C(=O)O. The maximum Gasteiger partial charge on any atom is 0.326 e. The summed E-state index contributed by atoms with van der Waals surface area (Å²) < 4.78 is 21.4. The van der Waals surface area contributed by atoms with Crippen LogP contribution in [0.4, 0.5) is 4.39 Å². The van der Waals surface area contributed by atoms with E-state index < -0.39 is 29.2 Å². The van der Waals surface area contributed by atoms with Gasteiger partial charge >= 0.3 is 5.97 Å². The summed E-state index contributed by atoms with van der Waals surface area (Å²) in [6.45, 7) is 5.84. The minimum absolute atomic E-state index is 0.103. The Morgan fingerprint density at radius 1 is 1.19 bits per heavy atom. The van der Waals surface area contributed by atoms with E-state index in [4.69, 9.17) is 4.74 Å². The molecule has 0 saturated heterocycles. The summed E-state index contributed by atoms with van der Waals surface area (Å²) in [4.78, 5) is 24.5. The lowest BCUT2D eigenvalue weighted by molar-refractivity contribution is -0.142. The molecule has 3 atom stereocenters. The fraction of sp³-hybridized carbons (Fsp3) is 0.692. The Morgan fingerprint density at radius 3 is 2.41 bits per heavy atom. The van der Waals surface area contributed by atoms with Gasteiger partial charge in [-0.2, -0.15) is 0 Å². The van der Waals surface area contributed by atoms with Crippen LogP contribution >= 0.6 is 0 Å². The number of halogens is 1. The second-order valence-corrected chi connectivity index (χ2v) is 12.0. The molecule has 6 rings (SSSR count). The first kappa shape index (κ1) is 21.7. The summed E-state index contributed by atoms with van der Waals surface area (Å²) in [5, 5.41) is 12.0. The van der Waals surface area contributed by atoms with Gasteiger partial charge < -0.3 is 15.2 Å². The molecule has 174 valence electrons. The van der Waals surface area contributed by atoms with Gasteiger partial charge in [0.25, 0.3) is 5.91 Å². The van der Waals surface area contributed by atoms with Crippen molar-refractivity contribution in [3.63, 3.8) is 0 Å². The summed E-state index contributed by atoms with van der Waals surface area (Å²) >= 11 is 0. The highest BCUT2D eigenvalue weighted by atomic mass is 19.1. The van der Waals surface area contributed by atoms with Gasteiger partial charge in [0.1, 0.15) is 17.6 Å². The standard InChI is InChI=1S/C26H34FNO4/c1-25(2,3)22(24(30)31)28-23(29)19-9-18(16-4-5-16)21(10-20(19)27)32-13-26-11-14-6-15(12-26)8-17(26)7-14/h9-10,14-17,22H,4-8,11-13H2,1-3H3,(H,28,29)(H,30,31)/t14?,15?,17?,22-,26?/m1/s1. The summed E-state index contributed by atoms with van der Waals surface area (Å²) in [6, 6.07) is 1.84. The maximum absolute atomic E-state index is 15.1. The molecule has 2 N–H and O–H groups in total. The molecule has 1 aromatic rings. The Hall–Kier alpha value is -2.11. The van der Waals surface area contributed by atoms with E-state index in [0.717, 1.165) is 36.2 Å². The van der Waals surface area contributed by atoms with Crippen LogP contribution in [-0.2, 0) is 4.79 Å². The number of nitrogens with one attached hydrogen (secondary N) is 1. The molecule has 5 aliphatic carbocycles. The van der Waals surface area contributed by atoms with Crippen molar-refractivity contribution in [2.75, 3.05) is 6.61 Å². The number of rotatable bonds is 7. The van der Waals surface area contributed by atoms with E-state index >= 15 is 4.39 Å². The molecule has 0 spiro atoms. The van der Waals surface area contributed by atoms with Gasteiger partial charge in [0.05, 0.1) is 12.2 Å². The van der Waals surface area contributed by atoms with Crippen molar-refractivity contribution < 1.29 is 23.8 Å². The molecule has 5 aliphatic rings. The average Bonchev–Trinajstić information content (AvgIpc) is 3.46. The summed E-state index contributed by atoms with van der Waals surface area (Å²) in [6.07, 6.45) is 8.48. The molecular formula is C26H34FNO4. The number of amides is 1. The first-order valence-electron chi connectivity index (χ1n) is 12.1. The molecular weight excluding hydrogens is 409 g/mol. The van der Waals surface area contributed by atoms with E-state index in [1.165, 1.54) is 38.2 Å². The Bertz CT molecular complexity index is 934. The van der Waals surface area contributed by atoms with Gasteiger partial charge in [0.2, 0.25) is 0 Å². The van der Waals surface area contributed by atoms with Crippen LogP contribution in [0.15, 0.2) is 12.1 Å². The molecule has 1 aromatic carbocycles. The lowest BCUT2D eigenvalue weighted by Gasteiger charge is -2.33. The minimum atomic E-state index is -1.13. The zero-order valence-corrected chi connectivity index (χ0v) is 19.2. The average molecular weight is 444 g/mol. The van der Waals surface area contributed by atoms with Gasteiger partial charge in [0, 0.05) is 11.5 Å². The van der Waals surface area contributed by atoms with Crippen LogP contribution in [0, 0.1) is 34.4 Å². The lowest BCUT2D eigenvalue weighted by Crippen LogP contribution is -2.49. The van der Waals surface area contributed by atoms with Crippen LogP contribution in [0.25, 0.3) is 0 Å². The molecule has 5 nitrogen and oxygen atoms in total. The number of benzene rings is 1. The topological polar surface area (TPSA) is 75.6 Å². The number of carboxylic acids is 1. The quantitative estimate of drug-likeness (QED) is 0.612. The zero-order valence-electron chi connectivity index (χ0n) is 19.2. The van der Waals surface area contributed by atoms with Crippen LogP contribution in [0.2, 0.25) is 0 Å². The molecule has 6 heteroatoms. The van der Waals surface area contributed by atoms with Crippen LogP contribution in [0.1, 0.15) is 87.6 Å². The van der Waals surface area contributed by atoms with Crippen molar-refractivity contribution in [3.05, 3.63) is 29.1 Å². The third kappa shape index (κ3) is 3.80. The molecule has 0 aromatic heterocycles. The van der Waals surface area contributed by atoms with Gasteiger partial charge in [-0.15, -0.1) is 0 Å². The van der Waals surface area contributed by atoms with Crippen LogP contribution in [0.5, 0.6) is 5.75 Å². The summed E-state index contributed by atoms with van der Waals surface area (Å²) in [5.74, 6) is 0.790. The number of carboxylic acid groups (broad SMARTS) is 1. The van der Waals surface area contributed by atoms with Gasteiger partial charge in [-0.05, 0) is 85.7 Å². The second-order valence-electron chi connectivity index (χ2n) is 12.0. The lowest BCUT2D eigenvalue weighted by atomic mass is 9.76. The van der Waals surface area contributed by atoms with Crippen molar-refractivity contribution in [1.29, 1.82) is 0 Å². The molecule has 5 saturated carbocycles. The minimum Gasteiger partial charge on any atom is -0.493 e. The van der Waals surface area contributed by atoms with Crippen LogP contribution in [-0.4, -0.2) is 29.6 Å². The number of hydrogen-bond donors (Lipinski definition) is 2. The summed E-state index contributed by atoms with van der Waals surface area (Å²) in [7, 11) is 0. The second kappa shape index (κ2) is 7.46. The smallest absolute Gasteiger partial charge is 0.326 e. The number of carbonyl (C=O) groups is 2. The molecule has 32 heavy (non-hydrogen) atoms. The number of aliphatic carboxylic acids is 1. The third-order valence-corrected chi connectivity index (χ3v) is 8.42. The fourth-order valence-corrected chi connectivity index (χ4v) is 6.86. The van der Waals surface area contributed by atoms with Crippen LogP contribution < -0.4 is 10.1 Å². The van der Waals surface area contributed by atoms with E-state index in [2.05, 4.69) is 5.32 Å². The van der Waals surface area contributed by atoms with E-state index in [1.54, 1.807) is 26.8 Å². The largest absolute Gasteiger partial charge is 0.493 e. The van der Waals surface area contributed by atoms with Crippen molar-refractivity contribution in [2.24, 2.45) is 28.6 Å². The zero-order chi connectivity index (χ0) is 22.8. The van der Waals surface area contributed by atoms with E-state index in [-0.39, 0.29) is 16.9 Å². The van der Waals surface area contributed by atoms with E-state index in [1.807, 2.05) is 0 Å². The highest BCUT2D eigenvalue weighted by Gasteiger charge is 2.58. The highest BCUT2D eigenvalue weighted by molar-refractivity contribution is 5.97. The summed E-state index contributed by atoms with van der Waals surface area (Å²) in [5.41, 5.74) is 0.337. The monoisotopic (exact) mass is 443 g/mol. The highest BCUT2D eigenvalue weighted by Crippen LogP contribution is 2.65. The van der Waals surface area contributed by atoms with E-state index in [9.17, 15) is 14.7 Å². The molecule has 0 heterocycles. The number of carbonyl (C=O) groups excluding carboxylic acids is 1. The molecule has 5 fully saturated rings. The Labute approximate surface area is 189 Å². The molecule has 4 bridgehead atoms. The Morgan fingerprint density at radius 2 is 1.84 bits per heavy atom. The van der Waals surface area contributed by atoms with Crippen molar-refractivity contribution in [2.45, 2.75) is 77.7 Å². The van der Waals surface area contributed by atoms with Gasteiger partial charge in [0.15, 0.2) is 0 Å². The number of hydrogen-bond acceptors (Lipinski definition) is 3. The van der Waals surface area contributed by atoms with Crippen molar-refractivity contribution >= 4 is 11.9 Å². The van der Waals surface area contributed by atoms with Crippen molar-refractivity contribution in [1.82, 2.24) is 5.32 Å². The Kier molecular flexibility index (Phi) is 5.06. The Balaban J connectivity index is 1.36. The predicted molar refractivity (Wildman–Crippen MR) is 118 cm³/mol. The first-order valence-corrected chi connectivity index (χ1v) is 12.1. The molecule has 0 aliphatic heterocycles. The third-order valence-electron chi connectivity index (χ3n) is 8.42. The van der Waals surface area contributed by atoms with E-state index in [0.29, 0.717) is 12.4 Å². The van der Waals surface area contributed by atoms with Gasteiger partial charge in [-0.1, -0.05) is 20.8 Å². The molecule has 2 unspecified atom stereocenters. The van der Waals surface area contributed by atoms with Crippen LogP contribution in [0.3, 0.4) is 0 Å².